The monoisotopic (exact) mass is 160 g/mol. The molecular formula is C8H20N2O. The van der Waals surface area contributed by atoms with Gasteiger partial charge in [-0.25, -0.2) is 0 Å². The summed E-state index contributed by atoms with van der Waals surface area (Å²) >= 11 is 0. The number of aliphatic hydroxyl groups is 1. The number of hydrogen-bond donors (Lipinski definition) is 2. The van der Waals surface area contributed by atoms with Gasteiger partial charge in [0.2, 0.25) is 0 Å². The molecule has 0 radical (unpaired) electrons. The highest BCUT2D eigenvalue weighted by Gasteiger charge is 2.03. The van der Waals surface area contributed by atoms with Crippen molar-refractivity contribution in [1.29, 1.82) is 0 Å². The number of nitrogens with zero attached hydrogens (tertiary/aromatic N) is 1. The Bertz CT molecular complexity index is 70.5. The van der Waals surface area contributed by atoms with E-state index in [-0.39, 0.29) is 0 Å². The SMILES string of the molecule is CCN1CCCNCC1.CO. The van der Waals surface area contributed by atoms with Crippen LogP contribution in [0.5, 0.6) is 0 Å². The van der Waals surface area contributed by atoms with E-state index < -0.39 is 0 Å². The molecule has 0 aromatic rings. The third kappa shape index (κ3) is 5.18. The van der Waals surface area contributed by atoms with Crippen LogP contribution in [0.1, 0.15) is 13.3 Å². The lowest BCUT2D eigenvalue weighted by Gasteiger charge is -2.15. The molecule has 0 spiro atoms. The van der Waals surface area contributed by atoms with E-state index in [0.29, 0.717) is 0 Å². The lowest BCUT2D eigenvalue weighted by Crippen LogP contribution is -2.27. The molecule has 3 nitrogen and oxygen atoms in total. The first-order valence-corrected chi connectivity index (χ1v) is 4.31. The minimum Gasteiger partial charge on any atom is -0.400 e. The highest BCUT2D eigenvalue weighted by molar-refractivity contribution is 4.63. The molecule has 1 aliphatic heterocycles. The van der Waals surface area contributed by atoms with Crippen LogP contribution in [0.4, 0.5) is 0 Å². The highest BCUT2D eigenvalue weighted by atomic mass is 16.2. The number of hydrogen-bond acceptors (Lipinski definition) is 3. The fraction of sp³-hybridized carbons (Fsp3) is 1.00. The first kappa shape index (κ1) is 10.9. The van der Waals surface area contributed by atoms with Crippen LogP contribution >= 0.6 is 0 Å². The maximum absolute atomic E-state index is 7.00. The minimum atomic E-state index is 1.00. The highest BCUT2D eigenvalue weighted by Crippen LogP contribution is 1.92. The van der Waals surface area contributed by atoms with Gasteiger partial charge in [0.25, 0.3) is 0 Å². The second kappa shape index (κ2) is 7.98. The maximum atomic E-state index is 7.00. The van der Waals surface area contributed by atoms with Crippen molar-refractivity contribution < 1.29 is 5.11 Å². The van der Waals surface area contributed by atoms with Gasteiger partial charge in [0.1, 0.15) is 0 Å². The van der Waals surface area contributed by atoms with Crippen LogP contribution in [0.15, 0.2) is 0 Å². The van der Waals surface area contributed by atoms with E-state index in [2.05, 4.69) is 17.1 Å². The van der Waals surface area contributed by atoms with Crippen LogP contribution in [0.2, 0.25) is 0 Å². The van der Waals surface area contributed by atoms with E-state index >= 15 is 0 Å². The fourth-order valence-electron chi connectivity index (χ4n) is 1.22. The van der Waals surface area contributed by atoms with Gasteiger partial charge in [0.05, 0.1) is 0 Å². The minimum absolute atomic E-state index is 1.00. The normalized spacial score (nSPS) is 19.9. The molecule has 0 aromatic carbocycles. The van der Waals surface area contributed by atoms with E-state index in [4.69, 9.17) is 5.11 Å². The van der Waals surface area contributed by atoms with Gasteiger partial charge >= 0.3 is 0 Å². The predicted molar refractivity (Wildman–Crippen MR) is 47.7 cm³/mol. The van der Waals surface area contributed by atoms with Crippen LogP contribution < -0.4 is 5.32 Å². The third-order valence-corrected chi connectivity index (χ3v) is 1.88. The van der Waals surface area contributed by atoms with Crippen LogP contribution in [0.25, 0.3) is 0 Å². The lowest BCUT2D eigenvalue weighted by atomic mass is 10.4. The van der Waals surface area contributed by atoms with Crippen molar-refractivity contribution >= 4 is 0 Å². The van der Waals surface area contributed by atoms with Crippen molar-refractivity contribution in [2.75, 3.05) is 39.8 Å². The Morgan fingerprint density at radius 2 is 2.00 bits per heavy atom. The number of nitrogens with one attached hydrogen (secondary N) is 1. The quantitative estimate of drug-likeness (QED) is 0.563. The summed E-state index contributed by atoms with van der Waals surface area (Å²) in [4.78, 5) is 2.49. The Hall–Kier alpha value is -0.120. The summed E-state index contributed by atoms with van der Waals surface area (Å²) in [6.07, 6.45) is 1.31. The molecule has 0 atom stereocenters. The zero-order valence-electron chi connectivity index (χ0n) is 7.64. The topological polar surface area (TPSA) is 35.5 Å². The van der Waals surface area contributed by atoms with Crippen molar-refractivity contribution in [1.82, 2.24) is 10.2 Å². The van der Waals surface area contributed by atoms with Gasteiger partial charge in [0, 0.05) is 20.2 Å². The van der Waals surface area contributed by atoms with Crippen molar-refractivity contribution in [2.24, 2.45) is 0 Å². The van der Waals surface area contributed by atoms with Gasteiger partial charge in [0.15, 0.2) is 0 Å². The zero-order valence-corrected chi connectivity index (χ0v) is 7.64. The molecule has 1 rings (SSSR count). The summed E-state index contributed by atoms with van der Waals surface area (Å²) in [7, 11) is 1.00. The summed E-state index contributed by atoms with van der Waals surface area (Å²) < 4.78 is 0. The van der Waals surface area contributed by atoms with E-state index in [1.165, 1.54) is 39.1 Å². The van der Waals surface area contributed by atoms with Crippen molar-refractivity contribution in [2.45, 2.75) is 13.3 Å². The lowest BCUT2D eigenvalue weighted by molar-refractivity contribution is 0.309. The second-order valence-electron chi connectivity index (χ2n) is 2.54. The molecule has 0 aliphatic carbocycles. The van der Waals surface area contributed by atoms with Crippen LogP contribution in [0.3, 0.4) is 0 Å². The smallest absolute Gasteiger partial charge is 0.0319 e. The molecule has 1 aliphatic rings. The molecule has 0 unspecified atom stereocenters. The Balaban J connectivity index is 0.000000461. The van der Waals surface area contributed by atoms with E-state index in [9.17, 15) is 0 Å². The molecule has 0 aromatic heterocycles. The first-order valence-electron chi connectivity index (χ1n) is 4.31. The first-order chi connectivity index (χ1) is 5.43. The molecule has 68 valence electrons. The van der Waals surface area contributed by atoms with Crippen molar-refractivity contribution in [3.8, 4) is 0 Å². The molecule has 1 saturated heterocycles. The van der Waals surface area contributed by atoms with Crippen LogP contribution in [-0.2, 0) is 0 Å². The Morgan fingerprint density at radius 1 is 1.27 bits per heavy atom. The van der Waals surface area contributed by atoms with Gasteiger partial charge in [-0.3, -0.25) is 0 Å². The fourth-order valence-corrected chi connectivity index (χ4v) is 1.22. The predicted octanol–water partition coefficient (Wildman–Crippen LogP) is -0.0899. The molecule has 0 saturated carbocycles. The Kier molecular flexibility index (Phi) is 7.89. The van der Waals surface area contributed by atoms with Crippen molar-refractivity contribution in [3.05, 3.63) is 0 Å². The van der Waals surface area contributed by atoms with Gasteiger partial charge in [-0.15, -0.1) is 0 Å². The molecule has 0 amide bonds. The molecule has 1 fully saturated rings. The standard InChI is InChI=1S/C7H16N2.CH4O/c1-2-9-6-3-4-8-5-7-9;1-2/h8H,2-7H2,1H3;2H,1H3. The Labute approximate surface area is 69.4 Å². The average Bonchev–Trinajstić information content (AvgIpc) is 2.35. The number of likely N-dealkylation sites (N-methyl/N-ethyl adjacent to an activating group) is 1. The number of rotatable bonds is 1. The van der Waals surface area contributed by atoms with Crippen LogP contribution in [0, 0.1) is 0 Å². The molecule has 11 heavy (non-hydrogen) atoms. The van der Waals surface area contributed by atoms with Gasteiger partial charge in [-0.05, 0) is 26.1 Å². The zero-order chi connectivity index (χ0) is 8.53. The van der Waals surface area contributed by atoms with Gasteiger partial charge in [-0.1, -0.05) is 6.92 Å². The second-order valence-corrected chi connectivity index (χ2v) is 2.54. The van der Waals surface area contributed by atoms with E-state index in [1.54, 1.807) is 0 Å². The Morgan fingerprint density at radius 3 is 2.64 bits per heavy atom. The average molecular weight is 160 g/mol. The molecule has 0 bridgehead atoms. The van der Waals surface area contributed by atoms with Gasteiger partial charge < -0.3 is 15.3 Å². The summed E-state index contributed by atoms with van der Waals surface area (Å²) in [6.45, 7) is 8.33. The maximum Gasteiger partial charge on any atom is 0.0319 e. The number of aliphatic hydroxyl groups excluding tert-OH is 1. The van der Waals surface area contributed by atoms with Gasteiger partial charge in [-0.2, -0.15) is 0 Å². The largest absolute Gasteiger partial charge is 0.400 e. The summed E-state index contributed by atoms with van der Waals surface area (Å²) in [6, 6.07) is 0. The molecule has 3 heteroatoms. The summed E-state index contributed by atoms with van der Waals surface area (Å²) in [5, 5.41) is 10.4. The summed E-state index contributed by atoms with van der Waals surface area (Å²) in [5.74, 6) is 0. The molecule has 1 heterocycles. The van der Waals surface area contributed by atoms with Crippen LogP contribution in [-0.4, -0.2) is 49.8 Å². The molecular weight excluding hydrogens is 140 g/mol. The third-order valence-electron chi connectivity index (χ3n) is 1.88. The summed E-state index contributed by atoms with van der Waals surface area (Å²) in [5.41, 5.74) is 0. The van der Waals surface area contributed by atoms with E-state index in [1.807, 2.05) is 0 Å². The van der Waals surface area contributed by atoms with Crippen molar-refractivity contribution in [3.63, 3.8) is 0 Å². The molecule has 2 N–H and O–H groups in total. The van der Waals surface area contributed by atoms with E-state index in [0.717, 1.165) is 7.11 Å².